The number of likely N-dealkylation sites (tertiary alicyclic amines) is 1. The first-order valence-electron chi connectivity index (χ1n) is 10.7. The van der Waals surface area contributed by atoms with Crippen LogP contribution >= 0.6 is 0 Å². The van der Waals surface area contributed by atoms with E-state index < -0.39 is 0 Å². The minimum absolute atomic E-state index is 0.190. The van der Waals surface area contributed by atoms with Crippen LogP contribution in [0.25, 0.3) is 0 Å². The zero-order valence-corrected chi connectivity index (χ0v) is 16.8. The van der Waals surface area contributed by atoms with E-state index in [0.717, 1.165) is 24.7 Å². The number of hydrogen-bond donors (Lipinski definition) is 0. The molecule has 1 aliphatic heterocycles. The van der Waals surface area contributed by atoms with Crippen LogP contribution in [0.4, 0.5) is 0 Å². The minimum atomic E-state index is 0.190. The SMILES string of the molecule is COCCC(=O)N(Cc1cccnc1)CC1CCCN(C2CCCCC2)C1. The Kier molecular flexibility index (Phi) is 8.09. The molecule has 1 aromatic rings. The van der Waals surface area contributed by atoms with E-state index in [1.54, 1.807) is 13.3 Å². The van der Waals surface area contributed by atoms with Gasteiger partial charge >= 0.3 is 0 Å². The number of piperidine rings is 1. The second kappa shape index (κ2) is 10.8. The summed E-state index contributed by atoms with van der Waals surface area (Å²) in [6, 6.07) is 4.77. The number of carbonyl (C=O) groups excluding carboxylic acids is 1. The summed E-state index contributed by atoms with van der Waals surface area (Å²) in [5, 5.41) is 0. The van der Waals surface area contributed by atoms with Gasteiger partial charge in [0.25, 0.3) is 0 Å². The highest BCUT2D eigenvalue weighted by Gasteiger charge is 2.29. The van der Waals surface area contributed by atoms with Gasteiger partial charge in [-0.15, -0.1) is 0 Å². The van der Waals surface area contributed by atoms with Gasteiger partial charge in [-0.2, -0.15) is 0 Å². The first-order valence-corrected chi connectivity index (χ1v) is 10.7. The van der Waals surface area contributed by atoms with Crippen LogP contribution in [0.2, 0.25) is 0 Å². The fourth-order valence-electron chi connectivity index (χ4n) is 4.65. The predicted molar refractivity (Wildman–Crippen MR) is 107 cm³/mol. The molecule has 1 saturated heterocycles. The van der Waals surface area contributed by atoms with Crippen LogP contribution in [0, 0.1) is 5.92 Å². The van der Waals surface area contributed by atoms with Crippen LogP contribution in [-0.2, 0) is 16.1 Å². The Bertz CT molecular complexity index is 560. The lowest BCUT2D eigenvalue weighted by molar-refractivity contribution is -0.133. The predicted octanol–water partition coefficient (Wildman–Crippen LogP) is 3.49. The quantitative estimate of drug-likeness (QED) is 0.700. The van der Waals surface area contributed by atoms with Crippen LogP contribution in [-0.4, -0.2) is 60.1 Å². The number of pyridine rings is 1. The van der Waals surface area contributed by atoms with Crippen LogP contribution in [0.5, 0.6) is 0 Å². The second-order valence-electron chi connectivity index (χ2n) is 8.17. The highest BCUT2D eigenvalue weighted by molar-refractivity contribution is 5.76. The molecule has 1 unspecified atom stereocenters. The third-order valence-corrected chi connectivity index (χ3v) is 6.09. The van der Waals surface area contributed by atoms with E-state index >= 15 is 0 Å². The monoisotopic (exact) mass is 373 g/mol. The summed E-state index contributed by atoms with van der Waals surface area (Å²) in [4.78, 5) is 21.7. The molecule has 1 atom stereocenters. The molecule has 5 heteroatoms. The van der Waals surface area contributed by atoms with Gasteiger partial charge in [0.15, 0.2) is 0 Å². The standard InChI is InChI=1S/C22H35N3O2/c1-27-14-11-22(26)25(16-19-7-5-12-23-15-19)18-20-8-6-13-24(17-20)21-9-3-2-4-10-21/h5,7,12,15,20-21H,2-4,6,8-11,13-14,16-18H2,1H3. The molecule has 0 aromatic carbocycles. The maximum atomic E-state index is 12.8. The first kappa shape index (κ1) is 20.3. The number of nitrogens with zero attached hydrogens (tertiary/aromatic N) is 3. The highest BCUT2D eigenvalue weighted by atomic mass is 16.5. The van der Waals surface area contributed by atoms with Crippen molar-refractivity contribution in [3.05, 3.63) is 30.1 Å². The minimum Gasteiger partial charge on any atom is -0.384 e. The summed E-state index contributed by atoms with van der Waals surface area (Å²) >= 11 is 0. The summed E-state index contributed by atoms with van der Waals surface area (Å²) in [6.45, 7) is 4.37. The fraction of sp³-hybridized carbons (Fsp3) is 0.727. The van der Waals surface area contributed by atoms with Crippen molar-refractivity contribution in [2.24, 2.45) is 5.92 Å². The van der Waals surface area contributed by atoms with E-state index in [-0.39, 0.29) is 5.91 Å². The summed E-state index contributed by atoms with van der Waals surface area (Å²) in [5.41, 5.74) is 1.10. The number of carbonyl (C=O) groups is 1. The van der Waals surface area contributed by atoms with Gasteiger partial charge in [0.2, 0.25) is 5.91 Å². The average Bonchev–Trinajstić information content (AvgIpc) is 2.73. The number of ether oxygens (including phenoxy) is 1. The lowest BCUT2D eigenvalue weighted by Crippen LogP contribution is -2.47. The molecule has 3 rings (SSSR count). The normalized spacial score (nSPS) is 21.9. The lowest BCUT2D eigenvalue weighted by Gasteiger charge is -2.41. The van der Waals surface area contributed by atoms with Gasteiger partial charge in [-0.1, -0.05) is 25.3 Å². The fourth-order valence-corrected chi connectivity index (χ4v) is 4.65. The van der Waals surface area contributed by atoms with Crippen molar-refractivity contribution in [1.82, 2.24) is 14.8 Å². The summed E-state index contributed by atoms with van der Waals surface area (Å²) < 4.78 is 5.13. The zero-order chi connectivity index (χ0) is 18.9. The van der Waals surface area contributed by atoms with Crippen LogP contribution in [0.1, 0.15) is 56.9 Å². The molecule has 0 bridgehead atoms. The molecule has 1 aliphatic carbocycles. The van der Waals surface area contributed by atoms with Crippen LogP contribution in [0.15, 0.2) is 24.5 Å². The number of rotatable bonds is 8. The van der Waals surface area contributed by atoms with Gasteiger partial charge in [-0.3, -0.25) is 9.78 Å². The smallest absolute Gasteiger partial charge is 0.225 e. The molecule has 0 N–H and O–H groups in total. The highest BCUT2D eigenvalue weighted by Crippen LogP contribution is 2.27. The molecule has 27 heavy (non-hydrogen) atoms. The topological polar surface area (TPSA) is 45.7 Å². The first-order chi connectivity index (χ1) is 13.3. The molecule has 1 saturated carbocycles. The van der Waals surface area contributed by atoms with E-state index in [0.29, 0.717) is 25.5 Å². The van der Waals surface area contributed by atoms with Crippen molar-refractivity contribution in [2.75, 3.05) is 33.4 Å². The van der Waals surface area contributed by atoms with Gasteiger partial charge < -0.3 is 14.5 Å². The van der Waals surface area contributed by atoms with Crippen molar-refractivity contribution in [2.45, 2.75) is 64.0 Å². The van der Waals surface area contributed by atoms with Crippen LogP contribution < -0.4 is 0 Å². The summed E-state index contributed by atoms with van der Waals surface area (Å²) in [6.07, 6.45) is 13.5. The van der Waals surface area contributed by atoms with E-state index in [1.165, 1.54) is 51.5 Å². The number of amides is 1. The Balaban J connectivity index is 1.60. The van der Waals surface area contributed by atoms with Gasteiger partial charge in [0.05, 0.1) is 13.0 Å². The molecule has 2 fully saturated rings. The van der Waals surface area contributed by atoms with E-state index in [2.05, 4.69) is 16.0 Å². The second-order valence-corrected chi connectivity index (χ2v) is 8.17. The summed E-state index contributed by atoms with van der Waals surface area (Å²) in [7, 11) is 1.65. The molecule has 2 heterocycles. The zero-order valence-electron chi connectivity index (χ0n) is 16.8. The Labute approximate surface area is 164 Å². The summed E-state index contributed by atoms with van der Waals surface area (Å²) in [5.74, 6) is 0.763. The third kappa shape index (κ3) is 6.28. The van der Waals surface area contributed by atoms with Crippen molar-refractivity contribution < 1.29 is 9.53 Å². The Hall–Kier alpha value is -1.46. The van der Waals surface area contributed by atoms with Crippen molar-refractivity contribution in [1.29, 1.82) is 0 Å². The molecule has 5 nitrogen and oxygen atoms in total. The molecule has 2 aliphatic rings. The Morgan fingerprint density at radius 1 is 1.26 bits per heavy atom. The maximum absolute atomic E-state index is 12.8. The van der Waals surface area contributed by atoms with Gasteiger partial charge in [-0.25, -0.2) is 0 Å². The maximum Gasteiger partial charge on any atom is 0.225 e. The molecular formula is C22H35N3O2. The van der Waals surface area contributed by atoms with Gasteiger partial charge in [0, 0.05) is 45.2 Å². The van der Waals surface area contributed by atoms with Gasteiger partial charge in [-0.05, 0) is 49.8 Å². The molecule has 0 radical (unpaired) electrons. The lowest BCUT2D eigenvalue weighted by atomic mass is 9.90. The van der Waals surface area contributed by atoms with Gasteiger partial charge in [0.1, 0.15) is 0 Å². The van der Waals surface area contributed by atoms with E-state index in [4.69, 9.17) is 4.74 Å². The average molecular weight is 374 g/mol. The number of methoxy groups -OCH3 is 1. The molecule has 0 spiro atoms. The number of hydrogen-bond acceptors (Lipinski definition) is 4. The molecule has 1 amide bonds. The Morgan fingerprint density at radius 3 is 2.85 bits per heavy atom. The largest absolute Gasteiger partial charge is 0.384 e. The van der Waals surface area contributed by atoms with E-state index in [1.807, 2.05) is 17.2 Å². The molecular weight excluding hydrogens is 338 g/mol. The third-order valence-electron chi connectivity index (χ3n) is 6.09. The van der Waals surface area contributed by atoms with Crippen molar-refractivity contribution >= 4 is 5.91 Å². The van der Waals surface area contributed by atoms with Crippen molar-refractivity contribution in [3.8, 4) is 0 Å². The van der Waals surface area contributed by atoms with E-state index in [9.17, 15) is 4.79 Å². The van der Waals surface area contributed by atoms with Crippen molar-refractivity contribution in [3.63, 3.8) is 0 Å². The molecule has 1 aromatic heterocycles. The Morgan fingerprint density at radius 2 is 2.11 bits per heavy atom. The molecule has 150 valence electrons. The number of aromatic nitrogens is 1. The van der Waals surface area contributed by atoms with Crippen LogP contribution in [0.3, 0.4) is 0 Å².